The van der Waals surface area contributed by atoms with Crippen LogP contribution in [0.25, 0.3) is 0 Å². The summed E-state index contributed by atoms with van der Waals surface area (Å²) in [5.74, 6) is 0.365. The Labute approximate surface area is 142 Å². The van der Waals surface area contributed by atoms with Crippen LogP contribution in [-0.2, 0) is 0 Å². The van der Waals surface area contributed by atoms with Gasteiger partial charge in [0.25, 0.3) is 0 Å². The summed E-state index contributed by atoms with van der Waals surface area (Å²) in [6, 6.07) is 11.7. The molecule has 1 unspecified atom stereocenters. The number of benzene rings is 2. The van der Waals surface area contributed by atoms with Crippen molar-refractivity contribution < 1.29 is 4.39 Å². The first-order valence-corrected chi connectivity index (χ1v) is 8.68. The maximum absolute atomic E-state index is 14.3. The van der Waals surface area contributed by atoms with Gasteiger partial charge >= 0.3 is 0 Å². The third kappa shape index (κ3) is 4.22. The molecule has 1 N–H and O–H groups in total. The third-order valence-electron chi connectivity index (χ3n) is 3.20. The molecule has 2 rings (SSSR count). The summed E-state index contributed by atoms with van der Waals surface area (Å²) in [5, 5.41) is 3.29. The lowest BCUT2D eigenvalue weighted by molar-refractivity contribution is 0.565. The van der Waals surface area contributed by atoms with Crippen LogP contribution in [0.3, 0.4) is 0 Å². The molecule has 1 atom stereocenters. The molecular formula is C16H16BrClFNS. The zero-order chi connectivity index (χ0) is 15.4. The van der Waals surface area contributed by atoms with Crippen LogP contribution in [0, 0.1) is 12.7 Å². The monoisotopic (exact) mass is 387 g/mol. The van der Waals surface area contributed by atoms with Crippen molar-refractivity contribution in [1.82, 2.24) is 5.32 Å². The van der Waals surface area contributed by atoms with Crippen LogP contribution in [0.1, 0.15) is 17.2 Å². The molecule has 0 fully saturated rings. The molecule has 5 heteroatoms. The van der Waals surface area contributed by atoms with Gasteiger partial charge in [-0.1, -0.05) is 35.4 Å². The van der Waals surface area contributed by atoms with Crippen molar-refractivity contribution in [2.75, 3.05) is 12.8 Å². The molecule has 0 spiro atoms. The highest BCUT2D eigenvalue weighted by atomic mass is 79.9. The van der Waals surface area contributed by atoms with E-state index in [-0.39, 0.29) is 16.9 Å². The molecule has 21 heavy (non-hydrogen) atoms. The van der Waals surface area contributed by atoms with Crippen LogP contribution < -0.4 is 5.32 Å². The average Bonchev–Trinajstić information content (AvgIpc) is 2.47. The Morgan fingerprint density at radius 3 is 2.76 bits per heavy atom. The molecule has 0 bridgehead atoms. The van der Waals surface area contributed by atoms with Gasteiger partial charge in [0, 0.05) is 26.7 Å². The summed E-state index contributed by atoms with van der Waals surface area (Å²) in [5.41, 5.74) is 1.81. The number of aryl methyl sites for hydroxylation is 1. The van der Waals surface area contributed by atoms with Crippen molar-refractivity contribution in [3.8, 4) is 0 Å². The molecule has 0 saturated heterocycles. The molecule has 1 nitrogen and oxygen atoms in total. The van der Waals surface area contributed by atoms with Gasteiger partial charge in [0.15, 0.2) is 0 Å². The maximum atomic E-state index is 14.3. The number of halogens is 3. The van der Waals surface area contributed by atoms with Crippen LogP contribution in [0.2, 0.25) is 5.02 Å². The predicted molar refractivity (Wildman–Crippen MR) is 92.8 cm³/mol. The van der Waals surface area contributed by atoms with Gasteiger partial charge in [0.05, 0.1) is 5.02 Å². The van der Waals surface area contributed by atoms with E-state index in [9.17, 15) is 4.39 Å². The molecule has 0 saturated carbocycles. The van der Waals surface area contributed by atoms with E-state index >= 15 is 0 Å². The number of hydrogen-bond acceptors (Lipinski definition) is 2. The van der Waals surface area contributed by atoms with Gasteiger partial charge in [0.1, 0.15) is 5.82 Å². The zero-order valence-corrected chi connectivity index (χ0v) is 14.9. The standard InChI is InChI=1S/C16H16BrClFNS/c1-10-4-3-5-11(8-10)21-9-14(20-2)12-6-7-13(17)15(18)16(12)19/h3-8,14,20H,9H2,1-2H3. The van der Waals surface area contributed by atoms with Gasteiger partial charge < -0.3 is 5.32 Å². The third-order valence-corrected chi connectivity index (χ3v) is 5.54. The van der Waals surface area contributed by atoms with Crippen LogP contribution in [0.4, 0.5) is 4.39 Å². The molecule has 2 aromatic carbocycles. The second-order valence-electron chi connectivity index (χ2n) is 4.73. The van der Waals surface area contributed by atoms with Crippen molar-refractivity contribution >= 4 is 39.3 Å². The first kappa shape index (κ1) is 16.8. The molecule has 0 aromatic heterocycles. The van der Waals surface area contributed by atoms with E-state index in [4.69, 9.17) is 11.6 Å². The van der Waals surface area contributed by atoms with Crippen molar-refractivity contribution in [2.45, 2.75) is 17.9 Å². The van der Waals surface area contributed by atoms with E-state index in [1.807, 2.05) is 13.1 Å². The van der Waals surface area contributed by atoms with Gasteiger partial charge in [-0.3, -0.25) is 0 Å². The fourth-order valence-corrected chi connectivity index (χ4v) is 3.65. The molecule has 112 valence electrons. The van der Waals surface area contributed by atoms with Crippen molar-refractivity contribution in [2.24, 2.45) is 0 Å². The van der Waals surface area contributed by atoms with E-state index in [0.29, 0.717) is 10.0 Å². The Kier molecular flexibility index (Phi) is 6.11. The molecule has 0 aliphatic carbocycles. The summed E-state index contributed by atoms with van der Waals surface area (Å²) >= 11 is 10.9. The first-order valence-electron chi connectivity index (χ1n) is 6.53. The quantitative estimate of drug-likeness (QED) is 0.528. The number of hydrogen-bond donors (Lipinski definition) is 1. The predicted octanol–water partition coefficient (Wildman–Crippen LogP) is 5.60. The fourth-order valence-electron chi connectivity index (χ4n) is 2.02. The number of nitrogens with one attached hydrogen (secondary N) is 1. The van der Waals surface area contributed by atoms with Gasteiger partial charge in [-0.25, -0.2) is 4.39 Å². The van der Waals surface area contributed by atoms with Crippen LogP contribution in [-0.4, -0.2) is 12.8 Å². The molecule has 0 heterocycles. The first-order chi connectivity index (χ1) is 10.0. The average molecular weight is 389 g/mol. The lowest BCUT2D eigenvalue weighted by atomic mass is 10.1. The minimum atomic E-state index is -0.366. The minimum absolute atomic E-state index is 0.0962. The lowest BCUT2D eigenvalue weighted by Crippen LogP contribution is -2.20. The second kappa shape index (κ2) is 7.63. The van der Waals surface area contributed by atoms with Crippen LogP contribution >= 0.6 is 39.3 Å². The van der Waals surface area contributed by atoms with Crippen molar-refractivity contribution in [3.63, 3.8) is 0 Å². The Bertz CT molecular complexity index is 636. The molecule has 0 radical (unpaired) electrons. The van der Waals surface area contributed by atoms with Gasteiger partial charge in [0.2, 0.25) is 0 Å². The minimum Gasteiger partial charge on any atom is -0.312 e. The molecule has 0 aliphatic rings. The van der Waals surface area contributed by atoms with Gasteiger partial charge in [-0.15, -0.1) is 11.8 Å². The lowest BCUT2D eigenvalue weighted by Gasteiger charge is -2.18. The number of thioether (sulfide) groups is 1. The Morgan fingerprint density at radius 1 is 1.33 bits per heavy atom. The summed E-state index contributed by atoms with van der Waals surface area (Å²) in [6.07, 6.45) is 0. The van der Waals surface area contributed by atoms with Crippen molar-refractivity contribution in [3.05, 3.63) is 62.8 Å². The Hall–Kier alpha value is -0.550. The zero-order valence-electron chi connectivity index (χ0n) is 11.8. The summed E-state index contributed by atoms with van der Waals surface area (Å²) in [6.45, 7) is 2.06. The maximum Gasteiger partial charge on any atom is 0.147 e. The molecule has 0 amide bonds. The van der Waals surface area contributed by atoms with Crippen LogP contribution in [0.15, 0.2) is 45.8 Å². The molecule has 2 aromatic rings. The fraction of sp³-hybridized carbons (Fsp3) is 0.250. The molecule has 0 aliphatic heterocycles. The van der Waals surface area contributed by atoms with Crippen LogP contribution in [0.5, 0.6) is 0 Å². The smallest absolute Gasteiger partial charge is 0.147 e. The Balaban J connectivity index is 2.15. The highest BCUT2D eigenvalue weighted by Crippen LogP contribution is 2.32. The summed E-state index contributed by atoms with van der Waals surface area (Å²) in [7, 11) is 1.83. The highest BCUT2D eigenvalue weighted by molar-refractivity contribution is 9.10. The number of rotatable bonds is 5. The van der Waals surface area contributed by atoms with Gasteiger partial charge in [-0.2, -0.15) is 0 Å². The second-order valence-corrected chi connectivity index (χ2v) is 7.06. The summed E-state index contributed by atoms with van der Waals surface area (Å²) < 4.78 is 14.9. The van der Waals surface area contributed by atoms with Gasteiger partial charge in [-0.05, 0) is 48.1 Å². The highest BCUT2D eigenvalue weighted by Gasteiger charge is 2.18. The molecular weight excluding hydrogens is 373 g/mol. The van der Waals surface area contributed by atoms with Crippen molar-refractivity contribution in [1.29, 1.82) is 0 Å². The SMILES string of the molecule is CNC(CSc1cccc(C)c1)c1ccc(Br)c(Cl)c1F. The normalized spacial score (nSPS) is 12.4. The van der Waals surface area contributed by atoms with E-state index in [1.165, 1.54) is 10.5 Å². The van der Waals surface area contributed by atoms with E-state index in [1.54, 1.807) is 23.9 Å². The Morgan fingerprint density at radius 2 is 2.10 bits per heavy atom. The largest absolute Gasteiger partial charge is 0.312 e. The van der Waals surface area contributed by atoms with E-state index < -0.39 is 0 Å². The van der Waals surface area contributed by atoms with E-state index in [0.717, 1.165) is 5.75 Å². The summed E-state index contributed by atoms with van der Waals surface area (Å²) in [4.78, 5) is 1.18. The van der Waals surface area contributed by atoms with E-state index in [2.05, 4.69) is 46.4 Å². The topological polar surface area (TPSA) is 12.0 Å².